The molecule has 0 bridgehead atoms. The molecule has 0 saturated heterocycles. The summed E-state index contributed by atoms with van der Waals surface area (Å²) in [7, 11) is 1.70. The third-order valence-corrected chi connectivity index (χ3v) is 3.36. The van der Waals surface area contributed by atoms with Crippen LogP contribution in [0.1, 0.15) is 24.2 Å². The van der Waals surface area contributed by atoms with Crippen LogP contribution in [0.15, 0.2) is 35.5 Å². The predicted octanol–water partition coefficient (Wildman–Crippen LogP) is 2.70. The maximum absolute atomic E-state index is 11.3. The molecule has 0 aromatic heterocycles. The van der Waals surface area contributed by atoms with Crippen LogP contribution in [0.3, 0.4) is 0 Å². The van der Waals surface area contributed by atoms with E-state index in [1.807, 2.05) is 24.3 Å². The molecule has 0 aliphatic carbocycles. The number of carbonyl (C=O) groups is 1. The molecule has 1 aliphatic rings. The van der Waals surface area contributed by atoms with E-state index >= 15 is 0 Å². The van der Waals surface area contributed by atoms with E-state index in [0.29, 0.717) is 11.6 Å². The molecule has 18 heavy (non-hydrogen) atoms. The van der Waals surface area contributed by atoms with E-state index in [1.165, 1.54) is 5.06 Å². The zero-order valence-electron chi connectivity index (χ0n) is 10.2. The number of halogens is 1. The Bertz CT molecular complexity index is 495. The van der Waals surface area contributed by atoms with Crippen LogP contribution in [-0.2, 0) is 15.5 Å². The number of hydrogen-bond donors (Lipinski definition) is 1. The van der Waals surface area contributed by atoms with Gasteiger partial charge in [0.05, 0.1) is 11.3 Å². The van der Waals surface area contributed by atoms with E-state index in [4.69, 9.17) is 16.4 Å². The van der Waals surface area contributed by atoms with E-state index in [0.717, 1.165) is 11.1 Å². The molecular formula is C13H14ClNO3. The second-order valence-corrected chi connectivity index (χ2v) is 4.43. The molecule has 1 aromatic rings. The first-order chi connectivity index (χ1) is 8.54. The lowest BCUT2D eigenvalue weighted by Gasteiger charge is -2.15. The topological polar surface area (TPSA) is 49.8 Å². The fraction of sp³-hybridized carbons (Fsp3) is 0.308. The molecular weight excluding hydrogens is 254 g/mol. The molecule has 1 N–H and O–H groups in total. The maximum atomic E-state index is 11.3. The van der Waals surface area contributed by atoms with Crippen molar-refractivity contribution in [3.63, 3.8) is 0 Å². The Labute approximate surface area is 110 Å². The van der Waals surface area contributed by atoms with Gasteiger partial charge in [0.25, 0.3) is 0 Å². The monoisotopic (exact) mass is 267 g/mol. The number of aliphatic carboxylic acids is 1. The highest BCUT2D eigenvalue weighted by Crippen LogP contribution is 2.36. The SMILES string of the molecule is CC1=C(C(=O)O)C(c2ccc(CCl)cc2)ON1C. The lowest BCUT2D eigenvalue weighted by atomic mass is 10.00. The summed E-state index contributed by atoms with van der Waals surface area (Å²) >= 11 is 5.72. The Morgan fingerprint density at radius 1 is 1.44 bits per heavy atom. The summed E-state index contributed by atoms with van der Waals surface area (Å²) in [5.41, 5.74) is 2.69. The summed E-state index contributed by atoms with van der Waals surface area (Å²) in [4.78, 5) is 16.8. The van der Waals surface area contributed by atoms with Crippen molar-refractivity contribution in [2.24, 2.45) is 0 Å². The second kappa shape index (κ2) is 5.00. The first-order valence-electron chi connectivity index (χ1n) is 5.54. The van der Waals surface area contributed by atoms with E-state index in [2.05, 4.69) is 0 Å². The van der Waals surface area contributed by atoms with Gasteiger partial charge in [-0.2, -0.15) is 0 Å². The normalized spacial score (nSPS) is 19.5. The third kappa shape index (κ3) is 2.21. The minimum absolute atomic E-state index is 0.274. The Morgan fingerprint density at radius 2 is 2.06 bits per heavy atom. The first-order valence-corrected chi connectivity index (χ1v) is 6.07. The van der Waals surface area contributed by atoms with Crippen LogP contribution in [-0.4, -0.2) is 23.2 Å². The Balaban J connectivity index is 2.35. The number of carboxylic acids is 1. The molecule has 0 spiro atoms. The van der Waals surface area contributed by atoms with E-state index < -0.39 is 12.1 Å². The molecule has 4 nitrogen and oxygen atoms in total. The number of rotatable bonds is 3. The second-order valence-electron chi connectivity index (χ2n) is 4.16. The molecule has 0 amide bonds. The Kier molecular flexibility index (Phi) is 3.59. The van der Waals surface area contributed by atoms with Crippen LogP contribution in [0.4, 0.5) is 0 Å². The first kappa shape index (κ1) is 12.9. The van der Waals surface area contributed by atoms with Gasteiger partial charge in [-0.1, -0.05) is 24.3 Å². The standard InChI is InChI=1S/C13H14ClNO3/c1-8-11(13(16)17)12(18-15(8)2)10-5-3-9(7-14)4-6-10/h3-6,12H,7H2,1-2H3,(H,16,17). The maximum Gasteiger partial charge on any atom is 0.336 e. The molecule has 96 valence electrons. The summed E-state index contributed by atoms with van der Waals surface area (Å²) in [5.74, 6) is -0.518. The van der Waals surface area contributed by atoms with Crippen LogP contribution in [0, 0.1) is 0 Å². The smallest absolute Gasteiger partial charge is 0.336 e. The number of hydroxylamine groups is 2. The number of alkyl halides is 1. The predicted molar refractivity (Wildman–Crippen MR) is 67.9 cm³/mol. The van der Waals surface area contributed by atoms with Crippen molar-refractivity contribution in [2.75, 3.05) is 7.05 Å². The van der Waals surface area contributed by atoms with Crippen molar-refractivity contribution >= 4 is 17.6 Å². The van der Waals surface area contributed by atoms with Gasteiger partial charge in [0.2, 0.25) is 0 Å². The lowest BCUT2D eigenvalue weighted by molar-refractivity contribution is -0.139. The Hall–Kier alpha value is -1.52. The van der Waals surface area contributed by atoms with Gasteiger partial charge in [-0.25, -0.2) is 4.79 Å². The van der Waals surface area contributed by atoms with E-state index in [1.54, 1.807) is 14.0 Å². The molecule has 5 heteroatoms. The van der Waals surface area contributed by atoms with Crippen molar-refractivity contribution in [1.82, 2.24) is 5.06 Å². The van der Waals surface area contributed by atoms with Crippen LogP contribution in [0.25, 0.3) is 0 Å². The summed E-state index contributed by atoms with van der Waals surface area (Å²) in [6.07, 6.45) is -0.558. The lowest BCUT2D eigenvalue weighted by Crippen LogP contribution is -2.12. The zero-order valence-corrected chi connectivity index (χ0v) is 10.9. The van der Waals surface area contributed by atoms with Crippen LogP contribution < -0.4 is 0 Å². The molecule has 1 heterocycles. The zero-order chi connectivity index (χ0) is 13.3. The molecule has 0 fully saturated rings. The number of nitrogens with zero attached hydrogens (tertiary/aromatic N) is 1. The van der Waals surface area contributed by atoms with Gasteiger partial charge < -0.3 is 5.11 Å². The molecule has 0 radical (unpaired) electrons. The summed E-state index contributed by atoms with van der Waals surface area (Å²) in [6, 6.07) is 7.44. The average Bonchev–Trinajstić information content (AvgIpc) is 2.66. The van der Waals surface area contributed by atoms with Crippen LogP contribution >= 0.6 is 11.6 Å². The van der Waals surface area contributed by atoms with Crippen molar-refractivity contribution in [3.8, 4) is 0 Å². The molecule has 1 atom stereocenters. The van der Waals surface area contributed by atoms with Crippen LogP contribution in [0.2, 0.25) is 0 Å². The number of benzene rings is 1. The summed E-state index contributed by atoms with van der Waals surface area (Å²) in [6.45, 7) is 1.73. The van der Waals surface area contributed by atoms with Gasteiger partial charge in [-0.15, -0.1) is 11.6 Å². The van der Waals surface area contributed by atoms with E-state index in [9.17, 15) is 9.90 Å². The van der Waals surface area contributed by atoms with Gasteiger partial charge in [-0.05, 0) is 18.1 Å². The highest BCUT2D eigenvalue weighted by atomic mass is 35.5. The van der Waals surface area contributed by atoms with Gasteiger partial charge in [0, 0.05) is 12.9 Å². The highest BCUT2D eigenvalue weighted by Gasteiger charge is 2.34. The quantitative estimate of drug-likeness (QED) is 0.856. The summed E-state index contributed by atoms with van der Waals surface area (Å²) in [5, 5.41) is 10.7. The molecule has 1 aliphatic heterocycles. The number of carboxylic acid groups (broad SMARTS) is 1. The number of allylic oxidation sites excluding steroid dienone is 1. The van der Waals surface area contributed by atoms with Crippen molar-refractivity contribution in [2.45, 2.75) is 18.9 Å². The fourth-order valence-corrected chi connectivity index (χ4v) is 2.10. The molecule has 2 rings (SSSR count). The Morgan fingerprint density at radius 3 is 2.56 bits per heavy atom. The molecule has 0 saturated carbocycles. The van der Waals surface area contributed by atoms with Crippen LogP contribution in [0.5, 0.6) is 0 Å². The minimum atomic E-state index is -0.955. The van der Waals surface area contributed by atoms with Crippen molar-refractivity contribution in [3.05, 3.63) is 46.7 Å². The summed E-state index contributed by atoms with van der Waals surface area (Å²) < 4.78 is 0. The van der Waals surface area contributed by atoms with Gasteiger partial charge in [0.15, 0.2) is 0 Å². The van der Waals surface area contributed by atoms with Crippen molar-refractivity contribution in [1.29, 1.82) is 0 Å². The molecule has 1 aromatic carbocycles. The largest absolute Gasteiger partial charge is 0.478 e. The fourth-order valence-electron chi connectivity index (χ4n) is 1.93. The average molecular weight is 268 g/mol. The minimum Gasteiger partial charge on any atom is -0.478 e. The highest BCUT2D eigenvalue weighted by molar-refractivity contribution is 6.17. The van der Waals surface area contributed by atoms with Crippen molar-refractivity contribution < 1.29 is 14.7 Å². The molecule has 1 unspecified atom stereocenters. The van der Waals surface area contributed by atoms with Gasteiger partial charge in [0.1, 0.15) is 6.10 Å². The number of hydrogen-bond acceptors (Lipinski definition) is 3. The van der Waals surface area contributed by atoms with Gasteiger partial charge in [-0.3, -0.25) is 9.90 Å². The third-order valence-electron chi connectivity index (χ3n) is 3.06. The van der Waals surface area contributed by atoms with Gasteiger partial charge >= 0.3 is 5.97 Å². The van der Waals surface area contributed by atoms with E-state index in [-0.39, 0.29) is 5.57 Å².